The standard InChI is InChI=1S/C12H16N4O/c1-8(9-3-5-17-6-9)16-12-10-2-4-13-11(10)14-7-15-12/h2,4,7-9H,3,5-6H2,1H3,(H2,13,14,15,16)/t8-,9-/m1/s1. The molecule has 2 aromatic rings. The minimum atomic E-state index is 0.366. The first-order chi connectivity index (χ1) is 8.34. The zero-order valence-electron chi connectivity index (χ0n) is 9.81. The first-order valence-corrected chi connectivity index (χ1v) is 5.97. The predicted molar refractivity (Wildman–Crippen MR) is 65.9 cm³/mol. The summed E-state index contributed by atoms with van der Waals surface area (Å²) < 4.78 is 5.41. The van der Waals surface area contributed by atoms with Crippen molar-refractivity contribution in [2.75, 3.05) is 18.5 Å². The van der Waals surface area contributed by atoms with E-state index in [0.29, 0.717) is 12.0 Å². The minimum absolute atomic E-state index is 0.366. The van der Waals surface area contributed by atoms with Crippen LogP contribution < -0.4 is 5.32 Å². The lowest BCUT2D eigenvalue weighted by molar-refractivity contribution is 0.183. The van der Waals surface area contributed by atoms with Gasteiger partial charge in [-0.15, -0.1) is 0 Å². The Morgan fingerprint density at radius 1 is 1.53 bits per heavy atom. The average molecular weight is 232 g/mol. The van der Waals surface area contributed by atoms with Crippen molar-refractivity contribution < 1.29 is 4.74 Å². The van der Waals surface area contributed by atoms with E-state index in [2.05, 4.69) is 27.2 Å². The zero-order chi connectivity index (χ0) is 11.7. The van der Waals surface area contributed by atoms with E-state index < -0.39 is 0 Å². The molecule has 1 fully saturated rings. The summed E-state index contributed by atoms with van der Waals surface area (Å²) in [6.07, 6.45) is 4.59. The highest BCUT2D eigenvalue weighted by molar-refractivity contribution is 5.86. The van der Waals surface area contributed by atoms with Gasteiger partial charge >= 0.3 is 0 Å². The number of aromatic amines is 1. The van der Waals surface area contributed by atoms with E-state index in [-0.39, 0.29) is 0 Å². The van der Waals surface area contributed by atoms with Crippen LogP contribution in [0.25, 0.3) is 11.0 Å². The summed E-state index contributed by atoms with van der Waals surface area (Å²) in [4.78, 5) is 11.6. The Bertz CT molecular complexity index is 504. The molecule has 5 nitrogen and oxygen atoms in total. The van der Waals surface area contributed by atoms with Gasteiger partial charge in [0.05, 0.1) is 12.0 Å². The highest BCUT2D eigenvalue weighted by Crippen LogP contribution is 2.23. The molecule has 2 aromatic heterocycles. The van der Waals surface area contributed by atoms with Crippen LogP contribution in [-0.4, -0.2) is 34.2 Å². The number of anilines is 1. The molecule has 1 aliphatic heterocycles. The molecule has 3 heterocycles. The predicted octanol–water partition coefficient (Wildman–Crippen LogP) is 1.79. The van der Waals surface area contributed by atoms with Gasteiger partial charge in [0.25, 0.3) is 0 Å². The summed E-state index contributed by atoms with van der Waals surface area (Å²) in [6, 6.07) is 2.36. The Hall–Kier alpha value is -1.62. The van der Waals surface area contributed by atoms with Gasteiger partial charge in [0, 0.05) is 24.8 Å². The van der Waals surface area contributed by atoms with Gasteiger partial charge in [-0.05, 0) is 19.4 Å². The van der Waals surface area contributed by atoms with Crippen LogP contribution in [0.15, 0.2) is 18.6 Å². The fraction of sp³-hybridized carbons (Fsp3) is 0.500. The molecule has 17 heavy (non-hydrogen) atoms. The van der Waals surface area contributed by atoms with Crippen LogP contribution in [0, 0.1) is 5.92 Å². The molecule has 3 rings (SSSR count). The molecular formula is C12H16N4O. The van der Waals surface area contributed by atoms with Crippen LogP contribution in [-0.2, 0) is 4.74 Å². The monoisotopic (exact) mass is 232 g/mol. The molecule has 5 heteroatoms. The number of aromatic nitrogens is 3. The van der Waals surface area contributed by atoms with E-state index in [4.69, 9.17) is 4.74 Å². The van der Waals surface area contributed by atoms with Crippen LogP contribution in [0.2, 0.25) is 0 Å². The van der Waals surface area contributed by atoms with Crippen molar-refractivity contribution in [2.45, 2.75) is 19.4 Å². The zero-order valence-corrected chi connectivity index (χ0v) is 9.81. The molecule has 1 aliphatic rings. The van der Waals surface area contributed by atoms with Crippen molar-refractivity contribution in [1.82, 2.24) is 15.0 Å². The molecule has 90 valence electrons. The molecule has 0 aromatic carbocycles. The Morgan fingerprint density at radius 3 is 3.29 bits per heavy atom. The summed E-state index contributed by atoms with van der Waals surface area (Å²) in [7, 11) is 0. The van der Waals surface area contributed by atoms with Crippen LogP contribution in [0.3, 0.4) is 0 Å². The number of hydrogen-bond acceptors (Lipinski definition) is 4. The normalized spacial score (nSPS) is 21.8. The highest BCUT2D eigenvalue weighted by atomic mass is 16.5. The Kier molecular flexibility index (Phi) is 2.68. The molecule has 2 N–H and O–H groups in total. The van der Waals surface area contributed by atoms with Crippen LogP contribution >= 0.6 is 0 Å². The molecule has 0 aliphatic carbocycles. The fourth-order valence-corrected chi connectivity index (χ4v) is 2.27. The summed E-state index contributed by atoms with van der Waals surface area (Å²) in [6.45, 7) is 3.90. The summed E-state index contributed by atoms with van der Waals surface area (Å²) in [5.74, 6) is 1.47. The molecule has 0 bridgehead atoms. The number of nitrogens with one attached hydrogen (secondary N) is 2. The van der Waals surface area contributed by atoms with Gasteiger partial charge in [0.2, 0.25) is 0 Å². The molecule has 0 saturated carbocycles. The fourth-order valence-electron chi connectivity index (χ4n) is 2.27. The smallest absolute Gasteiger partial charge is 0.142 e. The van der Waals surface area contributed by atoms with Gasteiger partial charge in [0.1, 0.15) is 17.8 Å². The molecule has 2 atom stereocenters. The molecule has 0 unspecified atom stereocenters. The molecular weight excluding hydrogens is 216 g/mol. The van der Waals surface area contributed by atoms with E-state index >= 15 is 0 Å². The Morgan fingerprint density at radius 2 is 2.47 bits per heavy atom. The molecule has 1 saturated heterocycles. The maximum absolute atomic E-state index is 5.41. The number of rotatable bonds is 3. The molecule has 0 amide bonds. The third-order valence-electron chi connectivity index (χ3n) is 3.39. The summed E-state index contributed by atoms with van der Waals surface area (Å²) in [5, 5.41) is 4.50. The van der Waals surface area contributed by atoms with Crippen molar-refractivity contribution in [3.63, 3.8) is 0 Å². The Labute approximate surface area is 99.6 Å². The topological polar surface area (TPSA) is 62.8 Å². The van der Waals surface area contributed by atoms with E-state index in [1.807, 2.05) is 12.3 Å². The van der Waals surface area contributed by atoms with Gasteiger partial charge in [-0.3, -0.25) is 0 Å². The number of ether oxygens (including phenoxy) is 1. The van der Waals surface area contributed by atoms with Gasteiger partial charge in [-0.25, -0.2) is 9.97 Å². The van der Waals surface area contributed by atoms with Crippen molar-refractivity contribution in [2.24, 2.45) is 5.92 Å². The number of nitrogens with zero attached hydrogens (tertiary/aromatic N) is 2. The second-order valence-corrected chi connectivity index (χ2v) is 4.52. The second-order valence-electron chi connectivity index (χ2n) is 4.52. The van der Waals surface area contributed by atoms with Crippen molar-refractivity contribution in [3.05, 3.63) is 18.6 Å². The summed E-state index contributed by atoms with van der Waals surface area (Å²) >= 11 is 0. The largest absolute Gasteiger partial charge is 0.381 e. The minimum Gasteiger partial charge on any atom is -0.381 e. The molecule has 0 radical (unpaired) electrons. The van der Waals surface area contributed by atoms with Crippen molar-refractivity contribution in [1.29, 1.82) is 0 Å². The lowest BCUT2D eigenvalue weighted by Gasteiger charge is -2.19. The van der Waals surface area contributed by atoms with Gasteiger partial charge in [0.15, 0.2) is 0 Å². The Balaban J connectivity index is 1.81. The number of H-pyrrole nitrogens is 1. The van der Waals surface area contributed by atoms with Crippen molar-refractivity contribution >= 4 is 16.9 Å². The quantitative estimate of drug-likeness (QED) is 0.847. The third-order valence-corrected chi connectivity index (χ3v) is 3.39. The number of hydrogen-bond donors (Lipinski definition) is 2. The van der Waals surface area contributed by atoms with E-state index in [0.717, 1.165) is 36.5 Å². The van der Waals surface area contributed by atoms with Crippen LogP contribution in [0.5, 0.6) is 0 Å². The van der Waals surface area contributed by atoms with Crippen LogP contribution in [0.1, 0.15) is 13.3 Å². The van der Waals surface area contributed by atoms with Crippen molar-refractivity contribution in [3.8, 4) is 0 Å². The highest BCUT2D eigenvalue weighted by Gasteiger charge is 2.22. The van der Waals surface area contributed by atoms with E-state index in [1.165, 1.54) is 0 Å². The molecule has 0 spiro atoms. The average Bonchev–Trinajstić information content (AvgIpc) is 3.00. The van der Waals surface area contributed by atoms with Gasteiger partial charge in [-0.2, -0.15) is 0 Å². The second kappa shape index (κ2) is 4.33. The number of fused-ring (bicyclic) bond motifs is 1. The van der Waals surface area contributed by atoms with Gasteiger partial charge < -0.3 is 15.0 Å². The third kappa shape index (κ3) is 1.98. The maximum atomic E-state index is 5.41. The maximum Gasteiger partial charge on any atom is 0.142 e. The lowest BCUT2D eigenvalue weighted by atomic mass is 10.0. The van der Waals surface area contributed by atoms with Gasteiger partial charge in [-0.1, -0.05) is 0 Å². The SMILES string of the molecule is C[C@@H](Nc1ncnc2[nH]ccc12)[C@@H]1CCOC1. The first-order valence-electron chi connectivity index (χ1n) is 5.97. The van der Waals surface area contributed by atoms with Crippen LogP contribution in [0.4, 0.5) is 5.82 Å². The summed E-state index contributed by atoms with van der Waals surface area (Å²) in [5.41, 5.74) is 0.873. The van der Waals surface area contributed by atoms with E-state index in [9.17, 15) is 0 Å². The van der Waals surface area contributed by atoms with E-state index in [1.54, 1.807) is 6.33 Å². The first kappa shape index (κ1) is 10.5. The lowest BCUT2D eigenvalue weighted by Crippen LogP contribution is -2.26.